The van der Waals surface area contributed by atoms with Crippen LogP contribution in [0.5, 0.6) is 0 Å². The maximum atomic E-state index is 12.4. The number of nitrogens with one attached hydrogen (secondary N) is 1. The molecule has 8 nitrogen and oxygen atoms in total. The van der Waals surface area contributed by atoms with Crippen LogP contribution in [0.1, 0.15) is 26.4 Å². The lowest BCUT2D eigenvalue weighted by molar-refractivity contribution is 0.0695. The Morgan fingerprint density at radius 2 is 1.84 bits per heavy atom. The van der Waals surface area contributed by atoms with E-state index in [4.69, 9.17) is 5.11 Å². The molecular formula is C16H19N3O5S. The van der Waals surface area contributed by atoms with Crippen molar-refractivity contribution in [1.82, 2.24) is 8.87 Å². The van der Waals surface area contributed by atoms with Gasteiger partial charge in [0.15, 0.2) is 0 Å². The van der Waals surface area contributed by atoms with Gasteiger partial charge in [-0.1, -0.05) is 6.07 Å². The van der Waals surface area contributed by atoms with E-state index in [9.17, 15) is 18.0 Å². The third-order valence-electron chi connectivity index (χ3n) is 3.72. The second-order valence-electron chi connectivity index (χ2n) is 5.75. The number of aryl methyl sites for hydroxylation is 2. The first kappa shape index (κ1) is 18.7. The Morgan fingerprint density at radius 3 is 2.40 bits per heavy atom. The van der Waals surface area contributed by atoms with Gasteiger partial charge in [-0.25, -0.2) is 17.5 Å². The van der Waals surface area contributed by atoms with Crippen molar-refractivity contribution in [2.75, 3.05) is 19.4 Å². The van der Waals surface area contributed by atoms with Gasteiger partial charge in [-0.05, 0) is 30.7 Å². The molecule has 2 rings (SSSR count). The van der Waals surface area contributed by atoms with Crippen molar-refractivity contribution in [3.05, 3.63) is 47.3 Å². The SMILES string of the molecule is Cc1ccc(NC(=O)c2cc(S(=O)(=O)N(C)C)cn2C)cc1C(=O)O. The molecule has 0 unspecified atom stereocenters. The van der Waals surface area contributed by atoms with Crippen molar-refractivity contribution >= 4 is 27.6 Å². The van der Waals surface area contributed by atoms with E-state index < -0.39 is 21.9 Å². The summed E-state index contributed by atoms with van der Waals surface area (Å²) in [5, 5.41) is 11.7. The normalized spacial score (nSPS) is 11.6. The Hall–Kier alpha value is -2.65. The molecule has 2 aromatic rings. The van der Waals surface area contributed by atoms with Crippen LogP contribution in [0.25, 0.3) is 0 Å². The van der Waals surface area contributed by atoms with Crippen molar-refractivity contribution < 1.29 is 23.1 Å². The van der Waals surface area contributed by atoms with Crippen LogP contribution in [0.15, 0.2) is 35.4 Å². The maximum Gasteiger partial charge on any atom is 0.336 e. The summed E-state index contributed by atoms with van der Waals surface area (Å²) in [6.07, 6.45) is 1.35. The quantitative estimate of drug-likeness (QED) is 0.835. The highest BCUT2D eigenvalue weighted by molar-refractivity contribution is 7.89. The molecule has 0 fully saturated rings. The van der Waals surface area contributed by atoms with Gasteiger partial charge in [-0.3, -0.25) is 4.79 Å². The average molecular weight is 365 g/mol. The van der Waals surface area contributed by atoms with Crippen LogP contribution < -0.4 is 5.32 Å². The average Bonchev–Trinajstić information content (AvgIpc) is 2.91. The first-order chi connectivity index (χ1) is 11.5. The highest BCUT2D eigenvalue weighted by atomic mass is 32.2. The lowest BCUT2D eigenvalue weighted by atomic mass is 10.1. The molecule has 2 N–H and O–H groups in total. The van der Waals surface area contributed by atoms with Crippen molar-refractivity contribution in [3.8, 4) is 0 Å². The zero-order valence-corrected chi connectivity index (χ0v) is 15.1. The lowest BCUT2D eigenvalue weighted by Crippen LogP contribution is -2.21. The largest absolute Gasteiger partial charge is 0.478 e. The number of anilines is 1. The molecule has 0 bridgehead atoms. The minimum absolute atomic E-state index is 0.000260. The van der Waals surface area contributed by atoms with E-state index in [1.165, 1.54) is 37.0 Å². The topological polar surface area (TPSA) is 109 Å². The fraction of sp³-hybridized carbons (Fsp3) is 0.250. The number of carboxylic acids is 1. The summed E-state index contributed by atoms with van der Waals surface area (Å²) in [6.45, 7) is 1.66. The predicted molar refractivity (Wildman–Crippen MR) is 92.4 cm³/mol. The number of carbonyl (C=O) groups excluding carboxylic acids is 1. The monoisotopic (exact) mass is 365 g/mol. The standard InChI is InChI=1S/C16H19N3O5S/c1-10-5-6-11(7-13(10)16(21)22)17-15(20)14-8-12(9-19(14)4)25(23,24)18(2)3/h5-9H,1-4H3,(H,17,20)(H,21,22). The summed E-state index contributed by atoms with van der Waals surface area (Å²) in [6, 6.07) is 5.80. The first-order valence-electron chi connectivity index (χ1n) is 7.28. The van der Waals surface area contributed by atoms with Crippen molar-refractivity contribution in [3.63, 3.8) is 0 Å². The van der Waals surface area contributed by atoms with Crippen LogP contribution in [0.3, 0.4) is 0 Å². The number of hydrogen-bond donors (Lipinski definition) is 2. The number of carbonyl (C=O) groups is 2. The summed E-state index contributed by atoms with van der Waals surface area (Å²) in [5.74, 6) is -1.63. The van der Waals surface area contributed by atoms with Gasteiger partial charge in [0, 0.05) is 33.0 Å². The summed E-state index contributed by atoms with van der Waals surface area (Å²) in [4.78, 5) is 23.6. The van der Waals surface area contributed by atoms with Crippen molar-refractivity contribution in [2.24, 2.45) is 7.05 Å². The van der Waals surface area contributed by atoms with E-state index in [0.29, 0.717) is 11.3 Å². The summed E-state index contributed by atoms with van der Waals surface area (Å²) in [5.41, 5.74) is 1.10. The number of aromatic carboxylic acids is 1. The Kier molecular flexibility index (Phi) is 5.00. The van der Waals surface area contributed by atoms with Crippen LogP contribution in [-0.4, -0.2) is 48.4 Å². The molecule has 1 aromatic heterocycles. The number of amides is 1. The molecule has 134 valence electrons. The molecule has 0 aliphatic carbocycles. The second kappa shape index (κ2) is 6.69. The third kappa shape index (κ3) is 3.72. The summed E-state index contributed by atoms with van der Waals surface area (Å²) >= 11 is 0. The molecule has 1 aromatic carbocycles. The van der Waals surface area contributed by atoms with Crippen LogP contribution in [-0.2, 0) is 17.1 Å². The zero-order valence-electron chi connectivity index (χ0n) is 14.3. The van der Waals surface area contributed by atoms with Crippen LogP contribution in [0.2, 0.25) is 0 Å². The lowest BCUT2D eigenvalue weighted by Gasteiger charge is -2.08. The van der Waals surface area contributed by atoms with Gasteiger partial charge in [0.2, 0.25) is 10.0 Å². The van der Waals surface area contributed by atoms with Crippen molar-refractivity contribution in [2.45, 2.75) is 11.8 Å². The molecule has 0 saturated heterocycles. The molecule has 0 spiro atoms. The zero-order chi connectivity index (χ0) is 18.9. The third-order valence-corrected chi connectivity index (χ3v) is 5.50. The highest BCUT2D eigenvalue weighted by Gasteiger charge is 2.22. The van der Waals surface area contributed by atoms with Gasteiger partial charge in [-0.2, -0.15) is 0 Å². The van der Waals surface area contributed by atoms with E-state index in [1.807, 2.05) is 0 Å². The molecule has 0 aliphatic heterocycles. The second-order valence-corrected chi connectivity index (χ2v) is 7.90. The van der Waals surface area contributed by atoms with Gasteiger partial charge in [0.1, 0.15) is 10.6 Å². The Balaban J connectivity index is 2.33. The number of hydrogen-bond acceptors (Lipinski definition) is 4. The van der Waals surface area contributed by atoms with Crippen LogP contribution in [0.4, 0.5) is 5.69 Å². The van der Waals surface area contributed by atoms with Crippen LogP contribution in [0, 0.1) is 6.92 Å². The molecule has 0 radical (unpaired) electrons. The first-order valence-corrected chi connectivity index (χ1v) is 8.72. The Bertz CT molecular complexity index is 945. The highest BCUT2D eigenvalue weighted by Crippen LogP contribution is 2.19. The minimum Gasteiger partial charge on any atom is -0.478 e. The van der Waals surface area contributed by atoms with Crippen molar-refractivity contribution in [1.29, 1.82) is 0 Å². The Morgan fingerprint density at radius 1 is 1.20 bits per heavy atom. The molecule has 9 heteroatoms. The fourth-order valence-electron chi connectivity index (χ4n) is 2.24. The smallest absolute Gasteiger partial charge is 0.336 e. The molecule has 1 amide bonds. The van der Waals surface area contributed by atoms with Gasteiger partial charge < -0.3 is 15.0 Å². The summed E-state index contributed by atoms with van der Waals surface area (Å²) < 4.78 is 26.8. The molecule has 0 aliphatic rings. The van der Waals surface area contributed by atoms with E-state index in [0.717, 1.165) is 4.31 Å². The van der Waals surface area contributed by atoms with E-state index >= 15 is 0 Å². The molecule has 0 atom stereocenters. The van der Waals surface area contributed by atoms with Gasteiger partial charge in [-0.15, -0.1) is 0 Å². The van der Waals surface area contributed by atoms with Gasteiger partial charge >= 0.3 is 5.97 Å². The Labute approximate surface area is 145 Å². The van der Waals surface area contributed by atoms with Crippen LogP contribution >= 0.6 is 0 Å². The van der Waals surface area contributed by atoms with E-state index in [2.05, 4.69) is 5.32 Å². The maximum absolute atomic E-state index is 12.4. The fourth-order valence-corrected chi connectivity index (χ4v) is 3.21. The number of nitrogens with zero attached hydrogens (tertiary/aromatic N) is 2. The number of sulfonamides is 1. The number of carboxylic acid groups (broad SMARTS) is 1. The summed E-state index contributed by atoms with van der Waals surface area (Å²) in [7, 11) is 0.712. The molecule has 0 saturated carbocycles. The number of benzene rings is 1. The molecular weight excluding hydrogens is 346 g/mol. The molecule has 1 heterocycles. The minimum atomic E-state index is -3.65. The number of aromatic nitrogens is 1. The van der Waals surface area contributed by atoms with Gasteiger partial charge in [0.25, 0.3) is 5.91 Å². The molecule has 25 heavy (non-hydrogen) atoms. The number of rotatable bonds is 5. The predicted octanol–water partition coefficient (Wildman–Crippen LogP) is 1.53. The van der Waals surface area contributed by atoms with E-state index in [1.54, 1.807) is 26.1 Å². The van der Waals surface area contributed by atoms with Gasteiger partial charge in [0.05, 0.1) is 5.56 Å². The van der Waals surface area contributed by atoms with E-state index in [-0.39, 0.29) is 16.2 Å².